The average molecular weight is 232 g/mol. The number of carbonyl (C=O) groups is 1. The summed E-state index contributed by atoms with van der Waals surface area (Å²) in [6.45, 7) is 2.99. The topological polar surface area (TPSA) is 55.6 Å². The van der Waals surface area contributed by atoms with Gasteiger partial charge in [-0.25, -0.2) is 0 Å². The zero-order chi connectivity index (χ0) is 11.8. The smallest absolute Gasteiger partial charge is 0.253 e. The number of nitrogens with zero attached hydrogens (tertiary/aromatic N) is 1. The maximum atomic E-state index is 12.1. The number of carbonyl (C=O) groups excluding carboxylic acids is 1. The second-order valence-corrected chi connectivity index (χ2v) is 4.73. The first-order valence-corrected chi connectivity index (χ1v) is 6.03. The number of ether oxygens (including phenoxy) is 1. The van der Waals surface area contributed by atoms with Crippen molar-refractivity contribution in [2.75, 3.05) is 26.2 Å². The van der Waals surface area contributed by atoms with Crippen molar-refractivity contribution in [1.29, 1.82) is 0 Å². The normalized spacial score (nSPS) is 18.5. The highest BCUT2D eigenvalue weighted by molar-refractivity contribution is 5.95. The standard InChI is InChI=1S/C13H16N2O2/c14-6-9-7-15(8-9)13(16)11-1-2-12-10(5-11)3-4-17-12/h1-2,5,9H,3-4,6-8,14H2. The fourth-order valence-corrected chi connectivity index (χ4v) is 2.39. The van der Waals surface area contributed by atoms with Crippen LogP contribution < -0.4 is 10.5 Å². The quantitative estimate of drug-likeness (QED) is 0.814. The number of hydrogen-bond donors (Lipinski definition) is 1. The Labute approximate surface area is 100 Å². The largest absolute Gasteiger partial charge is 0.493 e. The third-order valence-electron chi connectivity index (χ3n) is 3.51. The van der Waals surface area contributed by atoms with Crippen LogP contribution in [0.3, 0.4) is 0 Å². The fraction of sp³-hybridized carbons (Fsp3) is 0.462. The summed E-state index contributed by atoms with van der Waals surface area (Å²) >= 11 is 0. The van der Waals surface area contributed by atoms with E-state index < -0.39 is 0 Å². The van der Waals surface area contributed by atoms with Gasteiger partial charge in [0.25, 0.3) is 5.91 Å². The molecule has 90 valence electrons. The van der Waals surface area contributed by atoms with E-state index in [4.69, 9.17) is 10.5 Å². The summed E-state index contributed by atoms with van der Waals surface area (Å²) in [5.41, 5.74) is 7.47. The molecule has 2 aliphatic heterocycles. The van der Waals surface area contributed by atoms with Crippen molar-refractivity contribution >= 4 is 5.91 Å². The van der Waals surface area contributed by atoms with Crippen molar-refractivity contribution in [2.45, 2.75) is 6.42 Å². The van der Waals surface area contributed by atoms with Crippen LogP contribution in [-0.2, 0) is 6.42 Å². The molecular weight excluding hydrogens is 216 g/mol. The lowest BCUT2D eigenvalue weighted by Gasteiger charge is -2.38. The van der Waals surface area contributed by atoms with Gasteiger partial charge in [-0.05, 0) is 30.3 Å². The molecule has 1 aromatic rings. The first kappa shape index (κ1) is 10.6. The predicted molar refractivity (Wildman–Crippen MR) is 64.1 cm³/mol. The molecule has 2 aliphatic rings. The molecule has 3 rings (SSSR count). The first-order valence-electron chi connectivity index (χ1n) is 6.03. The van der Waals surface area contributed by atoms with E-state index in [1.807, 2.05) is 23.1 Å². The Kier molecular flexibility index (Phi) is 2.52. The average Bonchev–Trinajstić information content (AvgIpc) is 2.74. The highest BCUT2D eigenvalue weighted by Gasteiger charge is 2.30. The molecule has 17 heavy (non-hydrogen) atoms. The van der Waals surface area contributed by atoms with Crippen LogP contribution in [0, 0.1) is 5.92 Å². The lowest BCUT2D eigenvalue weighted by molar-refractivity contribution is 0.0515. The van der Waals surface area contributed by atoms with Crippen LogP contribution in [0.25, 0.3) is 0 Å². The second-order valence-electron chi connectivity index (χ2n) is 4.73. The van der Waals surface area contributed by atoms with E-state index in [9.17, 15) is 4.79 Å². The molecule has 1 saturated heterocycles. The van der Waals surface area contributed by atoms with Gasteiger partial charge in [0.15, 0.2) is 0 Å². The summed E-state index contributed by atoms with van der Waals surface area (Å²) in [4.78, 5) is 14.0. The summed E-state index contributed by atoms with van der Waals surface area (Å²) in [5.74, 6) is 1.52. The molecule has 0 bridgehead atoms. The van der Waals surface area contributed by atoms with Gasteiger partial charge in [-0.15, -0.1) is 0 Å². The number of likely N-dealkylation sites (tertiary alicyclic amines) is 1. The zero-order valence-electron chi connectivity index (χ0n) is 9.69. The fourth-order valence-electron chi connectivity index (χ4n) is 2.39. The van der Waals surface area contributed by atoms with Gasteiger partial charge in [-0.3, -0.25) is 4.79 Å². The van der Waals surface area contributed by atoms with Crippen molar-refractivity contribution in [1.82, 2.24) is 4.90 Å². The Hall–Kier alpha value is -1.55. The van der Waals surface area contributed by atoms with E-state index in [0.717, 1.165) is 43.0 Å². The molecule has 0 aromatic heterocycles. The molecule has 2 N–H and O–H groups in total. The highest BCUT2D eigenvalue weighted by Crippen LogP contribution is 2.27. The van der Waals surface area contributed by atoms with Crippen LogP contribution in [0.4, 0.5) is 0 Å². The summed E-state index contributed by atoms with van der Waals surface area (Å²) < 4.78 is 5.43. The first-order chi connectivity index (χ1) is 8.28. The molecule has 0 radical (unpaired) electrons. The molecule has 4 nitrogen and oxygen atoms in total. The van der Waals surface area contributed by atoms with Gasteiger partial charge in [-0.1, -0.05) is 0 Å². The third-order valence-corrected chi connectivity index (χ3v) is 3.51. The SMILES string of the molecule is NCC1CN(C(=O)c2ccc3c(c2)CCO3)C1. The van der Waals surface area contributed by atoms with Crippen molar-refractivity contribution < 1.29 is 9.53 Å². The zero-order valence-corrected chi connectivity index (χ0v) is 9.69. The summed E-state index contributed by atoms with van der Waals surface area (Å²) in [6.07, 6.45) is 0.905. The van der Waals surface area contributed by atoms with Crippen LogP contribution in [0.5, 0.6) is 5.75 Å². The maximum absolute atomic E-state index is 12.1. The number of fused-ring (bicyclic) bond motifs is 1. The molecular formula is C13H16N2O2. The van der Waals surface area contributed by atoms with Crippen molar-refractivity contribution in [3.63, 3.8) is 0 Å². The lowest BCUT2D eigenvalue weighted by atomic mass is 9.98. The van der Waals surface area contributed by atoms with Crippen LogP contribution >= 0.6 is 0 Å². The van der Waals surface area contributed by atoms with E-state index in [-0.39, 0.29) is 5.91 Å². The summed E-state index contributed by atoms with van der Waals surface area (Å²) in [6, 6.07) is 5.71. The van der Waals surface area contributed by atoms with Crippen molar-refractivity contribution in [3.05, 3.63) is 29.3 Å². The van der Waals surface area contributed by atoms with E-state index in [0.29, 0.717) is 12.5 Å². The van der Waals surface area contributed by atoms with Crippen molar-refractivity contribution in [2.24, 2.45) is 11.7 Å². The van der Waals surface area contributed by atoms with Crippen LogP contribution in [0.15, 0.2) is 18.2 Å². The Bertz CT molecular complexity index is 453. The highest BCUT2D eigenvalue weighted by atomic mass is 16.5. The Morgan fingerprint density at radius 3 is 3.06 bits per heavy atom. The Balaban J connectivity index is 1.74. The molecule has 1 amide bonds. The van der Waals surface area contributed by atoms with Crippen LogP contribution in [0.2, 0.25) is 0 Å². The summed E-state index contributed by atoms with van der Waals surface area (Å²) in [7, 11) is 0. The van der Waals surface area contributed by atoms with Gasteiger partial charge < -0.3 is 15.4 Å². The molecule has 0 saturated carbocycles. The van der Waals surface area contributed by atoms with E-state index in [2.05, 4.69) is 0 Å². The van der Waals surface area contributed by atoms with E-state index in [1.54, 1.807) is 0 Å². The monoisotopic (exact) mass is 232 g/mol. The lowest BCUT2D eigenvalue weighted by Crippen LogP contribution is -2.52. The molecule has 0 aliphatic carbocycles. The number of amides is 1. The minimum atomic E-state index is 0.115. The third kappa shape index (κ3) is 1.78. The summed E-state index contributed by atoms with van der Waals surface area (Å²) in [5, 5.41) is 0. The number of nitrogens with two attached hydrogens (primary N) is 1. The molecule has 1 aromatic carbocycles. The van der Waals surface area contributed by atoms with Gasteiger partial charge in [0.05, 0.1) is 6.61 Å². The molecule has 2 heterocycles. The van der Waals surface area contributed by atoms with Gasteiger partial charge in [0.1, 0.15) is 5.75 Å². The molecule has 0 atom stereocenters. The van der Waals surface area contributed by atoms with Gasteiger partial charge >= 0.3 is 0 Å². The van der Waals surface area contributed by atoms with Crippen LogP contribution in [-0.4, -0.2) is 37.0 Å². The van der Waals surface area contributed by atoms with Gasteiger partial charge in [0, 0.05) is 31.0 Å². The van der Waals surface area contributed by atoms with Crippen LogP contribution in [0.1, 0.15) is 15.9 Å². The minimum Gasteiger partial charge on any atom is -0.493 e. The van der Waals surface area contributed by atoms with Crippen molar-refractivity contribution in [3.8, 4) is 5.75 Å². The second kappa shape index (κ2) is 4.04. The molecule has 0 spiro atoms. The number of benzene rings is 1. The van der Waals surface area contributed by atoms with E-state index >= 15 is 0 Å². The number of hydrogen-bond acceptors (Lipinski definition) is 3. The maximum Gasteiger partial charge on any atom is 0.253 e. The number of rotatable bonds is 2. The minimum absolute atomic E-state index is 0.115. The predicted octanol–water partition coefficient (Wildman–Crippen LogP) is 0.652. The molecule has 1 fully saturated rings. The molecule has 0 unspecified atom stereocenters. The Morgan fingerprint density at radius 1 is 1.47 bits per heavy atom. The van der Waals surface area contributed by atoms with Gasteiger partial charge in [0.2, 0.25) is 0 Å². The Morgan fingerprint density at radius 2 is 2.29 bits per heavy atom. The van der Waals surface area contributed by atoms with Gasteiger partial charge in [-0.2, -0.15) is 0 Å². The van der Waals surface area contributed by atoms with E-state index in [1.165, 1.54) is 0 Å². The molecule has 4 heteroatoms.